The number of rotatable bonds is 3. The lowest BCUT2D eigenvalue weighted by atomic mass is 10.2. The molecule has 2 rings (SSSR count). The Labute approximate surface area is 98.9 Å². The molecule has 2 N–H and O–H groups in total. The van der Waals surface area contributed by atoms with Crippen molar-refractivity contribution in [2.45, 2.75) is 25.1 Å². The topological polar surface area (TPSA) is 52.6 Å². The molecule has 0 radical (unpaired) electrons. The largest absolute Gasteiger partial charge is 0.392 e. The lowest BCUT2D eigenvalue weighted by Gasteiger charge is -2.20. The van der Waals surface area contributed by atoms with Crippen LogP contribution in [-0.2, 0) is 11.3 Å². The van der Waals surface area contributed by atoms with Gasteiger partial charge in [0.05, 0.1) is 18.7 Å². The van der Waals surface area contributed by atoms with Crippen LogP contribution >= 0.6 is 11.3 Å². The first-order chi connectivity index (χ1) is 7.66. The van der Waals surface area contributed by atoms with E-state index in [1.54, 1.807) is 23.3 Å². The minimum atomic E-state index is -0.385. The van der Waals surface area contributed by atoms with E-state index in [1.807, 2.05) is 17.5 Å². The van der Waals surface area contributed by atoms with Gasteiger partial charge in [-0.2, -0.15) is 0 Å². The first-order valence-corrected chi connectivity index (χ1v) is 6.23. The Morgan fingerprint density at radius 3 is 3.12 bits per heavy atom. The first-order valence-electron chi connectivity index (χ1n) is 5.35. The fourth-order valence-corrected chi connectivity index (χ4v) is 2.64. The predicted octanol–water partition coefficient (Wildman–Crippen LogP) is 0.429. The van der Waals surface area contributed by atoms with Crippen molar-refractivity contribution in [1.82, 2.24) is 10.2 Å². The highest BCUT2D eigenvalue weighted by Crippen LogP contribution is 2.14. The maximum Gasteiger partial charge on any atom is 0.239 e. The molecule has 1 saturated heterocycles. The molecule has 2 atom stereocenters. The van der Waals surface area contributed by atoms with Crippen molar-refractivity contribution in [3.05, 3.63) is 22.4 Å². The Morgan fingerprint density at radius 2 is 2.56 bits per heavy atom. The number of carbonyl (C=O) groups excluding carboxylic acids is 1. The number of aliphatic hydroxyl groups excluding tert-OH is 1. The fourth-order valence-electron chi connectivity index (χ4n) is 1.89. The van der Waals surface area contributed by atoms with Crippen LogP contribution in [-0.4, -0.2) is 41.7 Å². The number of nitrogens with zero attached hydrogens (tertiary/aromatic N) is 1. The number of β-amino-alcohol motifs (C(OH)–C–C–N with tert-alkyl or cyclic N) is 1. The molecular weight excluding hydrogens is 224 g/mol. The van der Waals surface area contributed by atoms with Gasteiger partial charge in [-0.05, 0) is 17.9 Å². The third kappa shape index (κ3) is 2.61. The van der Waals surface area contributed by atoms with Crippen LogP contribution in [0.2, 0.25) is 0 Å². The van der Waals surface area contributed by atoms with E-state index in [2.05, 4.69) is 5.32 Å². The predicted molar refractivity (Wildman–Crippen MR) is 63.2 cm³/mol. The Hall–Kier alpha value is -0.910. The van der Waals surface area contributed by atoms with E-state index in [1.165, 1.54) is 4.88 Å². The number of thiophene rings is 1. The zero-order chi connectivity index (χ0) is 11.5. The summed E-state index contributed by atoms with van der Waals surface area (Å²) in [5.41, 5.74) is 0. The molecule has 0 aromatic carbocycles. The summed E-state index contributed by atoms with van der Waals surface area (Å²) in [7, 11) is 1.80. The summed E-state index contributed by atoms with van der Waals surface area (Å²) in [5, 5.41) is 14.4. The summed E-state index contributed by atoms with van der Waals surface area (Å²) in [5.74, 6) is 0.0601. The van der Waals surface area contributed by atoms with E-state index in [9.17, 15) is 9.90 Å². The van der Waals surface area contributed by atoms with Crippen molar-refractivity contribution in [3.8, 4) is 0 Å². The maximum atomic E-state index is 12.0. The number of nitrogens with one attached hydrogen (secondary N) is 1. The van der Waals surface area contributed by atoms with Crippen molar-refractivity contribution in [2.75, 3.05) is 13.6 Å². The maximum absolute atomic E-state index is 12.0. The Kier molecular flexibility index (Phi) is 3.58. The van der Waals surface area contributed by atoms with Gasteiger partial charge in [-0.1, -0.05) is 6.07 Å². The van der Waals surface area contributed by atoms with Crippen LogP contribution in [0.25, 0.3) is 0 Å². The molecule has 1 aromatic rings. The first kappa shape index (κ1) is 11.6. The smallest absolute Gasteiger partial charge is 0.239 e. The third-order valence-corrected chi connectivity index (χ3v) is 3.62. The normalized spacial score (nSPS) is 24.6. The summed E-state index contributed by atoms with van der Waals surface area (Å²) in [6, 6.07) is 3.78. The van der Waals surface area contributed by atoms with Crippen molar-refractivity contribution in [3.63, 3.8) is 0 Å². The second kappa shape index (κ2) is 4.95. The summed E-state index contributed by atoms with van der Waals surface area (Å²) < 4.78 is 0. The SMILES string of the molecule is CN(Cc1cccs1)C(=O)C1CC(O)CN1. The van der Waals surface area contributed by atoms with E-state index in [0.717, 1.165) is 0 Å². The summed E-state index contributed by atoms with van der Waals surface area (Å²) in [6.45, 7) is 1.16. The second-order valence-electron chi connectivity index (χ2n) is 4.12. The van der Waals surface area contributed by atoms with Gasteiger partial charge in [0.2, 0.25) is 5.91 Å². The van der Waals surface area contributed by atoms with Crippen LogP contribution in [0, 0.1) is 0 Å². The van der Waals surface area contributed by atoms with E-state index >= 15 is 0 Å². The number of amides is 1. The minimum Gasteiger partial charge on any atom is -0.392 e. The summed E-state index contributed by atoms with van der Waals surface area (Å²) >= 11 is 1.65. The van der Waals surface area contributed by atoms with Gasteiger partial charge in [0.15, 0.2) is 0 Å². The molecule has 5 heteroatoms. The van der Waals surface area contributed by atoms with Crippen LogP contribution in [0.5, 0.6) is 0 Å². The third-order valence-electron chi connectivity index (χ3n) is 2.76. The van der Waals surface area contributed by atoms with E-state index in [-0.39, 0.29) is 18.1 Å². The Bertz CT molecular complexity index is 353. The molecule has 4 nitrogen and oxygen atoms in total. The van der Waals surface area contributed by atoms with Gasteiger partial charge in [-0.15, -0.1) is 11.3 Å². The number of likely N-dealkylation sites (N-methyl/N-ethyl adjacent to an activating group) is 1. The zero-order valence-electron chi connectivity index (χ0n) is 9.22. The molecule has 0 aliphatic carbocycles. The highest BCUT2D eigenvalue weighted by molar-refractivity contribution is 7.09. The van der Waals surface area contributed by atoms with Gasteiger partial charge in [-0.25, -0.2) is 0 Å². The lowest BCUT2D eigenvalue weighted by Crippen LogP contribution is -2.41. The molecular formula is C11H16N2O2S. The average Bonchev–Trinajstić information content (AvgIpc) is 2.88. The van der Waals surface area contributed by atoms with Crippen molar-refractivity contribution in [2.24, 2.45) is 0 Å². The van der Waals surface area contributed by atoms with E-state index in [4.69, 9.17) is 0 Å². The van der Waals surface area contributed by atoms with Gasteiger partial charge in [-0.3, -0.25) is 4.79 Å². The quantitative estimate of drug-likeness (QED) is 0.805. The van der Waals surface area contributed by atoms with Gasteiger partial charge in [0.1, 0.15) is 0 Å². The number of carbonyl (C=O) groups is 1. The molecule has 1 fully saturated rings. The van der Waals surface area contributed by atoms with Gasteiger partial charge in [0.25, 0.3) is 0 Å². The van der Waals surface area contributed by atoms with E-state index in [0.29, 0.717) is 19.5 Å². The minimum absolute atomic E-state index is 0.0601. The molecule has 1 aromatic heterocycles. The Balaban J connectivity index is 1.89. The summed E-state index contributed by atoms with van der Waals surface area (Å²) in [4.78, 5) is 14.9. The molecule has 0 saturated carbocycles. The van der Waals surface area contributed by atoms with Crippen LogP contribution in [0.3, 0.4) is 0 Å². The molecule has 1 amide bonds. The molecule has 88 valence electrons. The second-order valence-corrected chi connectivity index (χ2v) is 5.16. The monoisotopic (exact) mass is 240 g/mol. The van der Waals surface area contributed by atoms with Crippen molar-refractivity contribution < 1.29 is 9.90 Å². The summed E-state index contributed by atoms with van der Waals surface area (Å²) in [6.07, 6.45) is 0.136. The van der Waals surface area contributed by atoms with Crippen LogP contribution in [0.4, 0.5) is 0 Å². The average molecular weight is 240 g/mol. The van der Waals surface area contributed by atoms with Crippen LogP contribution in [0.15, 0.2) is 17.5 Å². The molecule has 0 spiro atoms. The molecule has 16 heavy (non-hydrogen) atoms. The zero-order valence-corrected chi connectivity index (χ0v) is 10.0. The molecule has 2 heterocycles. The lowest BCUT2D eigenvalue weighted by molar-refractivity contribution is -0.132. The number of hydrogen-bond acceptors (Lipinski definition) is 4. The number of hydrogen-bond donors (Lipinski definition) is 2. The highest BCUT2D eigenvalue weighted by Gasteiger charge is 2.29. The van der Waals surface area contributed by atoms with Gasteiger partial charge >= 0.3 is 0 Å². The Morgan fingerprint density at radius 1 is 1.75 bits per heavy atom. The van der Waals surface area contributed by atoms with Crippen LogP contribution in [0.1, 0.15) is 11.3 Å². The van der Waals surface area contributed by atoms with Crippen molar-refractivity contribution in [1.29, 1.82) is 0 Å². The van der Waals surface area contributed by atoms with E-state index < -0.39 is 0 Å². The van der Waals surface area contributed by atoms with Gasteiger partial charge in [0, 0.05) is 18.5 Å². The molecule has 1 aliphatic heterocycles. The number of aliphatic hydroxyl groups is 1. The van der Waals surface area contributed by atoms with Gasteiger partial charge < -0.3 is 15.3 Å². The highest BCUT2D eigenvalue weighted by atomic mass is 32.1. The standard InChI is InChI=1S/C11H16N2O2S/c1-13(7-9-3-2-4-16-9)11(15)10-5-8(14)6-12-10/h2-4,8,10,12,14H,5-7H2,1H3. The molecule has 2 unspecified atom stereocenters. The fraction of sp³-hybridized carbons (Fsp3) is 0.545. The molecule has 1 aliphatic rings. The molecule has 0 bridgehead atoms. The van der Waals surface area contributed by atoms with Crippen LogP contribution < -0.4 is 5.32 Å². The van der Waals surface area contributed by atoms with Crippen molar-refractivity contribution >= 4 is 17.2 Å².